The molecule has 1 aromatic carbocycles. The maximum Gasteiger partial charge on any atom is 0.150 e. The van der Waals surface area contributed by atoms with Crippen LogP contribution in [0.2, 0.25) is 0 Å². The van der Waals surface area contributed by atoms with E-state index in [1.54, 1.807) is 19.2 Å². The summed E-state index contributed by atoms with van der Waals surface area (Å²) in [7, 11) is 1.72. The second kappa shape index (κ2) is 8.80. The molecule has 2 rings (SSSR count). The predicted molar refractivity (Wildman–Crippen MR) is 70.7 cm³/mol. The predicted octanol–water partition coefficient (Wildman–Crippen LogP) is 1.81. The molecule has 0 bridgehead atoms. The maximum absolute atomic E-state index is 10.0. The van der Waals surface area contributed by atoms with Crippen molar-refractivity contribution in [3.8, 4) is 0 Å². The Morgan fingerprint density at radius 2 is 2.17 bits per heavy atom. The maximum atomic E-state index is 10.0. The zero-order valence-corrected chi connectivity index (χ0v) is 11.0. The van der Waals surface area contributed by atoms with E-state index < -0.39 is 0 Å². The van der Waals surface area contributed by atoms with Crippen LogP contribution in [0.25, 0.3) is 0 Å². The highest BCUT2D eigenvalue weighted by molar-refractivity contribution is 5.74. The Morgan fingerprint density at radius 1 is 1.44 bits per heavy atom. The van der Waals surface area contributed by atoms with Gasteiger partial charge in [0, 0.05) is 19.2 Å². The lowest BCUT2D eigenvalue weighted by Crippen LogP contribution is -2.46. The van der Waals surface area contributed by atoms with Crippen molar-refractivity contribution in [2.75, 3.05) is 33.4 Å². The third kappa shape index (κ3) is 4.96. The summed E-state index contributed by atoms with van der Waals surface area (Å²) in [5.41, 5.74) is 0.729. The van der Waals surface area contributed by atoms with Crippen molar-refractivity contribution < 1.29 is 14.3 Å². The number of methoxy groups -OCH3 is 1. The summed E-state index contributed by atoms with van der Waals surface area (Å²) in [5, 5.41) is 0. The SMILES string of the molecule is CCN1CCOCC1OC.O=Cc1ccccc1. The van der Waals surface area contributed by atoms with E-state index >= 15 is 0 Å². The van der Waals surface area contributed by atoms with Crippen LogP contribution in [0.3, 0.4) is 0 Å². The highest BCUT2D eigenvalue weighted by Gasteiger charge is 2.19. The fourth-order valence-corrected chi connectivity index (χ4v) is 1.73. The molecular formula is C14H21NO3. The molecular weight excluding hydrogens is 230 g/mol. The van der Waals surface area contributed by atoms with Crippen molar-refractivity contribution in [3.63, 3.8) is 0 Å². The van der Waals surface area contributed by atoms with E-state index in [2.05, 4.69) is 11.8 Å². The van der Waals surface area contributed by atoms with Crippen molar-refractivity contribution in [3.05, 3.63) is 35.9 Å². The molecule has 0 radical (unpaired) electrons. The molecule has 100 valence electrons. The van der Waals surface area contributed by atoms with Gasteiger partial charge in [0.2, 0.25) is 0 Å². The number of carbonyl (C=O) groups excluding carboxylic acids is 1. The van der Waals surface area contributed by atoms with Crippen LogP contribution in [0.1, 0.15) is 17.3 Å². The van der Waals surface area contributed by atoms with Crippen molar-refractivity contribution >= 4 is 6.29 Å². The second-order valence-electron chi connectivity index (χ2n) is 3.92. The molecule has 0 aromatic heterocycles. The number of aldehydes is 1. The molecule has 0 aliphatic carbocycles. The summed E-state index contributed by atoms with van der Waals surface area (Å²) in [5.74, 6) is 0. The molecule has 0 saturated carbocycles. The molecule has 1 aliphatic heterocycles. The van der Waals surface area contributed by atoms with Gasteiger partial charge in [-0.05, 0) is 6.54 Å². The van der Waals surface area contributed by atoms with Crippen molar-refractivity contribution in [1.29, 1.82) is 0 Å². The molecule has 1 heterocycles. The average Bonchev–Trinajstić information content (AvgIpc) is 2.48. The Bertz CT molecular complexity index is 317. The van der Waals surface area contributed by atoms with Crippen LogP contribution in [0.4, 0.5) is 0 Å². The van der Waals surface area contributed by atoms with Crippen molar-refractivity contribution in [2.45, 2.75) is 13.2 Å². The van der Waals surface area contributed by atoms with Gasteiger partial charge in [0.05, 0.1) is 13.2 Å². The number of ether oxygens (including phenoxy) is 2. The number of nitrogens with zero attached hydrogens (tertiary/aromatic N) is 1. The molecule has 1 fully saturated rings. The number of likely N-dealkylation sites (N-methyl/N-ethyl adjacent to an activating group) is 1. The first-order valence-electron chi connectivity index (χ1n) is 6.16. The minimum atomic E-state index is 0.179. The van der Waals surface area contributed by atoms with E-state index in [1.807, 2.05) is 18.2 Å². The van der Waals surface area contributed by atoms with Gasteiger partial charge in [-0.25, -0.2) is 0 Å². The van der Waals surface area contributed by atoms with Gasteiger partial charge in [0.15, 0.2) is 0 Å². The van der Waals surface area contributed by atoms with Gasteiger partial charge >= 0.3 is 0 Å². The van der Waals surface area contributed by atoms with E-state index in [1.165, 1.54) is 0 Å². The van der Waals surface area contributed by atoms with Crippen LogP contribution < -0.4 is 0 Å². The molecule has 1 aliphatic rings. The second-order valence-corrected chi connectivity index (χ2v) is 3.92. The molecule has 4 nitrogen and oxygen atoms in total. The molecule has 0 amide bonds. The summed E-state index contributed by atoms with van der Waals surface area (Å²) >= 11 is 0. The fourth-order valence-electron chi connectivity index (χ4n) is 1.73. The molecule has 1 unspecified atom stereocenters. The molecule has 1 saturated heterocycles. The number of benzene rings is 1. The molecule has 4 heteroatoms. The molecule has 1 aromatic rings. The highest BCUT2D eigenvalue weighted by atomic mass is 16.5. The van der Waals surface area contributed by atoms with Gasteiger partial charge in [-0.1, -0.05) is 37.3 Å². The first-order chi connectivity index (χ1) is 8.81. The Hall–Kier alpha value is -1.23. The topological polar surface area (TPSA) is 38.8 Å². The van der Waals surface area contributed by atoms with E-state index in [9.17, 15) is 4.79 Å². The molecule has 0 spiro atoms. The molecule has 0 N–H and O–H groups in total. The summed E-state index contributed by atoms with van der Waals surface area (Å²) in [4.78, 5) is 12.3. The van der Waals surface area contributed by atoms with Gasteiger partial charge < -0.3 is 9.47 Å². The van der Waals surface area contributed by atoms with E-state index in [0.717, 1.165) is 31.5 Å². The Balaban J connectivity index is 0.000000184. The highest BCUT2D eigenvalue weighted by Crippen LogP contribution is 2.05. The number of rotatable bonds is 3. The first-order valence-corrected chi connectivity index (χ1v) is 6.16. The van der Waals surface area contributed by atoms with Gasteiger partial charge in [-0.15, -0.1) is 0 Å². The number of hydrogen-bond acceptors (Lipinski definition) is 4. The van der Waals surface area contributed by atoms with Crippen LogP contribution in [-0.4, -0.2) is 50.8 Å². The normalized spacial score (nSPS) is 19.8. The van der Waals surface area contributed by atoms with Crippen molar-refractivity contribution in [2.24, 2.45) is 0 Å². The number of morpholine rings is 1. The minimum Gasteiger partial charge on any atom is -0.376 e. The lowest BCUT2D eigenvalue weighted by molar-refractivity contribution is -0.122. The Kier molecular flexibility index (Phi) is 7.25. The standard InChI is InChI=1S/C7H15NO2.C7H6O/c1-3-8-4-5-10-6-7(8)9-2;8-6-7-4-2-1-3-5-7/h7H,3-6H2,1-2H3;1-6H. The van der Waals surface area contributed by atoms with Crippen LogP contribution in [0, 0.1) is 0 Å². The Morgan fingerprint density at radius 3 is 2.61 bits per heavy atom. The van der Waals surface area contributed by atoms with Crippen LogP contribution in [-0.2, 0) is 9.47 Å². The smallest absolute Gasteiger partial charge is 0.150 e. The van der Waals surface area contributed by atoms with Crippen molar-refractivity contribution in [1.82, 2.24) is 4.90 Å². The minimum absolute atomic E-state index is 0.179. The van der Waals surface area contributed by atoms with Crippen LogP contribution >= 0.6 is 0 Å². The van der Waals surface area contributed by atoms with E-state index in [0.29, 0.717) is 6.61 Å². The fraction of sp³-hybridized carbons (Fsp3) is 0.500. The molecule has 18 heavy (non-hydrogen) atoms. The summed E-state index contributed by atoms with van der Waals surface area (Å²) < 4.78 is 10.4. The summed E-state index contributed by atoms with van der Waals surface area (Å²) in [6.07, 6.45) is 1.01. The third-order valence-electron chi connectivity index (χ3n) is 2.80. The first kappa shape index (κ1) is 14.8. The number of carbonyl (C=O) groups is 1. The third-order valence-corrected chi connectivity index (χ3v) is 2.80. The van der Waals surface area contributed by atoms with Gasteiger partial charge in [-0.3, -0.25) is 9.69 Å². The summed E-state index contributed by atoms with van der Waals surface area (Å²) in [6.45, 7) is 5.73. The monoisotopic (exact) mass is 251 g/mol. The average molecular weight is 251 g/mol. The van der Waals surface area contributed by atoms with Crippen LogP contribution in [0.15, 0.2) is 30.3 Å². The quantitative estimate of drug-likeness (QED) is 0.768. The lowest BCUT2D eigenvalue weighted by atomic mass is 10.2. The Labute approximate surface area is 108 Å². The summed E-state index contributed by atoms with van der Waals surface area (Å²) in [6, 6.07) is 9.10. The zero-order valence-electron chi connectivity index (χ0n) is 11.0. The molecule has 1 atom stereocenters. The lowest BCUT2D eigenvalue weighted by Gasteiger charge is -2.33. The largest absolute Gasteiger partial charge is 0.376 e. The van der Waals surface area contributed by atoms with Gasteiger partial charge in [0.25, 0.3) is 0 Å². The van der Waals surface area contributed by atoms with Gasteiger partial charge in [0.1, 0.15) is 12.5 Å². The van der Waals surface area contributed by atoms with E-state index in [-0.39, 0.29) is 6.23 Å². The number of hydrogen-bond donors (Lipinski definition) is 0. The zero-order chi connectivity index (χ0) is 13.2. The van der Waals surface area contributed by atoms with E-state index in [4.69, 9.17) is 9.47 Å². The van der Waals surface area contributed by atoms with Crippen LogP contribution in [0.5, 0.6) is 0 Å². The van der Waals surface area contributed by atoms with Gasteiger partial charge in [-0.2, -0.15) is 0 Å².